The van der Waals surface area contributed by atoms with E-state index < -0.39 is 0 Å². The molecule has 0 heterocycles. The summed E-state index contributed by atoms with van der Waals surface area (Å²) < 4.78 is 0. The molecule has 1 nitrogen and oxygen atoms in total. The van der Waals surface area contributed by atoms with E-state index >= 15 is 0 Å². The summed E-state index contributed by atoms with van der Waals surface area (Å²) in [5, 5.41) is 1.16. The van der Waals surface area contributed by atoms with Crippen molar-refractivity contribution in [2.45, 2.75) is 44.9 Å². The molecule has 2 rings (SSSR count). The van der Waals surface area contributed by atoms with Gasteiger partial charge in [-0.25, -0.2) is 0 Å². The Balaban J connectivity index is 2.31. The van der Waals surface area contributed by atoms with Gasteiger partial charge in [-0.3, -0.25) is 4.79 Å². The fourth-order valence-corrected chi connectivity index (χ4v) is 3.24. The second-order valence-corrected chi connectivity index (χ2v) is 5.95. The molecule has 0 radical (unpaired) electrons. The Morgan fingerprint density at radius 3 is 2.50 bits per heavy atom. The average molecular weight is 285 g/mol. The van der Waals surface area contributed by atoms with Crippen LogP contribution in [0.2, 0.25) is 10.0 Å². The van der Waals surface area contributed by atoms with Crippen molar-refractivity contribution in [3.8, 4) is 0 Å². The van der Waals surface area contributed by atoms with Gasteiger partial charge >= 0.3 is 0 Å². The van der Waals surface area contributed by atoms with Crippen molar-refractivity contribution in [2.75, 3.05) is 0 Å². The van der Waals surface area contributed by atoms with Crippen LogP contribution in [-0.2, 0) is 4.79 Å². The lowest BCUT2D eigenvalue weighted by atomic mass is 9.80. The molecular formula is C15H18Cl2O. The van der Waals surface area contributed by atoms with Crippen molar-refractivity contribution in [3.63, 3.8) is 0 Å². The average Bonchev–Trinajstić information content (AvgIpc) is 2.58. The lowest BCUT2D eigenvalue weighted by Gasteiger charge is -2.23. The van der Waals surface area contributed by atoms with Crippen LogP contribution < -0.4 is 0 Å². The maximum Gasteiger partial charge on any atom is 0.133 e. The highest BCUT2D eigenvalue weighted by Crippen LogP contribution is 2.38. The third-order valence-electron chi connectivity index (χ3n) is 3.91. The van der Waals surface area contributed by atoms with E-state index in [9.17, 15) is 4.79 Å². The van der Waals surface area contributed by atoms with Gasteiger partial charge < -0.3 is 0 Å². The van der Waals surface area contributed by atoms with E-state index in [0.717, 1.165) is 24.8 Å². The monoisotopic (exact) mass is 284 g/mol. The highest BCUT2D eigenvalue weighted by atomic mass is 35.5. The van der Waals surface area contributed by atoms with Gasteiger partial charge in [0.15, 0.2) is 0 Å². The van der Waals surface area contributed by atoms with Crippen LogP contribution in [0.4, 0.5) is 0 Å². The molecule has 0 saturated heterocycles. The summed E-state index contributed by atoms with van der Waals surface area (Å²) in [4.78, 5) is 11.8. The third-order valence-corrected chi connectivity index (χ3v) is 4.65. The number of benzene rings is 1. The summed E-state index contributed by atoms with van der Waals surface area (Å²) in [6.07, 6.45) is 5.64. The molecule has 3 heteroatoms. The molecule has 1 saturated carbocycles. The maximum absolute atomic E-state index is 11.8. The van der Waals surface area contributed by atoms with Gasteiger partial charge in [-0.2, -0.15) is 0 Å². The summed E-state index contributed by atoms with van der Waals surface area (Å²) in [6, 6.07) is 5.78. The Kier molecular flexibility index (Phi) is 4.69. The highest BCUT2D eigenvalue weighted by molar-refractivity contribution is 6.42. The predicted octanol–water partition coefficient (Wildman–Crippen LogP) is 5.25. The van der Waals surface area contributed by atoms with Gasteiger partial charge in [-0.15, -0.1) is 0 Å². The van der Waals surface area contributed by atoms with Gasteiger partial charge in [0.25, 0.3) is 0 Å². The molecule has 1 aliphatic rings. The van der Waals surface area contributed by atoms with Gasteiger partial charge in [0.05, 0.1) is 10.0 Å². The standard InChI is InChI=1S/C15H18Cl2O/c1-10(18)12-5-3-2-4-6-13(12)11-7-8-14(16)15(17)9-11/h7-9,12-13H,2-6H2,1H3. The minimum absolute atomic E-state index is 0.143. The largest absolute Gasteiger partial charge is 0.300 e. The zero-order chi connectivity index (χ0) is 13.1. The first kappa shape index (κ1) is 13.9. The molecule has 1 aromatic carbocycles. The van der Waals surface area contributed by atoms with Crippen LogP contribution in [-0.4, -0.2) is 5.78 Å². The van der Waals surface area contributed by atoms with Crippen molar-refractivity contribution in [3.05, 3.63) is 33.8 Å². The van der Waals surface area contributed by atoms with Crippen LogP contribution in [0, 0.1) is 5.92 Å². The van der Waals surface area contributed by atoms with Crippen LogP contribution in [0.5, 0.6) is 0 Å². The summed E-state index contributed by atoms with van der Waals surface area (Å²) >= 11 is 12.0. The van der Waals surface area contributed by atoms with Crippen LogP contribution in [0.3, 0.4) is 0 Å². The molecule has 2 unspecified atom stereocenters. The Morgan fingerprint density at radius 1 is 1.11 bits per heavy atom. The van der Waals surface area contributed by atoms with Gasteiger partial charge in [0.2, 0.25) is 0 Å². The zero-order valence-electron chi connectivity index (χ0n) is 10.6. The SMILES string of the molecule is CC(=O)C1CCCCCC1c1ccc(Cl)c(Cl)c1. The number of carbonyl (C=O) groups excluding carboxylic acids is 1. The second-order valence-electron chi connectivity index (χ2n) is 5.14. The molecule has 0 aromatic heterocycles. The first-order valence-electron chi connectivity index (χ1n) is 6.55. The summed E-state index contributed by atoms with van der Waals surface area (Å²) in [7, 11) is 0. The Bertz CT molecular complexity index is 442. The van der Waals surface area contributed by atoms with E-state index in [4.69, 9.17) is 23.2 Å². The number of hydrogen-bond acceptors (Lipinski definition) is 1. The van der Waals surface area contributed by atoms with Gasteiger partial charge in [-0.05, 0) is 43.4 Å². The summed E-state index contributed by atoms with van der Waals surface area (Å²) in [6.45, 7) is 1.71. The predicted molar refractivity (Wildman–Crippen MR) is 76.5 cm³/mol. The molecule has 0 aliphatic heterocycles. The van der Waals surface area contributed by atoms with E-state index in [1.807, 2.05) is 18.2 Å². The lowest BCUT2D eigenvalue weighted by molar-refractivity contribution is -0.121. The maximum atomic E-state index is 11.8. The number of Topliss-reactive ketones (excluding diaryl/α,β-unsaturated/α-hetero) is 1. The quantitative estimate of drug-likeness (QED) is 0.678. The summed E-state index contributed by atoms with van der Waals surface area (Å²) in [5.41, 5.74) is 1.16. The topological polar surface area (TPSA) is 17.1 Å². The van der Waals surface area contributed by atoms with E-state index in [1.54, 1.807) is 6.92 Å². The van der Waals surface area contributed by atoms with Crippen molar-refractivity contribution < 1.29 is 4.79 Å². The molecule has 1 aliphatic carbocycles. The number of ketones is 1. The van der Waals surface area contributed by atoms with E-state index in [0.29, 0.717) is 21.7 Å². The second kappa shape index (κ2) is 6.08. The Labute approximate surface area is 118 Å². The van der Waals surface area contributed by atoms with Crippen molar-refractivity contribution in [1.82, 2.24) is 0 Å². The van der Waals surface area contributed by atoms with Gasteiger partial charge in [0.1, 0.15) is 5.78 Å². The van der Waals surface area contributed by atoms with Crippen LogP contribution >= 0.6 is 23.2 Å². The van der Waals surface area contributed by atoms with Crippen molar-refractivity contribution in [1.29, 1.82) is 0 Å². The van der Waals surface area contributed by atoms with Crippen LogP contribution in [0.1, 0.15) is 50.5 Å². The Morgan fingerprint density at radius 2 is 1.83 bits per heavy atom. The normalized spacial score (nSPS) is 24.6. The Hall–Kier alpha value is -0.530. The minimum atomic E-state index is 0.143. The van der Waals surface area contributed by atoms with E-state index in [-0.39, 0.29) is 5.92 Å². The zero-order valence-corrected chi connectivity index (χ0v) is 12.1. The van der Waals surface area contributed by atoms with Crippen molar-refractivity contribution in [2.24, 2.45) is 5.92 Å². The first-order valence-corrected chi connectivity index (χ1v) is 7.30. The van der Waals surface area contributed by atoms with Crippen LogP contribution in [0.15, 0.2) is 18.2 Å². The molecule has 0 amide bonds. The smallest absolute Gasteiger partial charge is 0.133 e. The van der Waals surface area contributed by atoms with E-state index in [2.05, 4.69) is 0 Å². The molecule has 0 N–H and O–H groups in total. The third kappa shape index (κ3) is 3.07. The highest BCUT2D eigenvalue weighted by Gasteiger charge is 2.28. The number of hydrogen-bond donors (Lipinski definition) is 0. The molecule has 2 atom stereocenters. The fraction of sp³-hybridized carbons (Fsp3) is 0.533. The number of carbonyl (C=O) groups is 1. The van der Waals surface area contributed by atoms with Crippen LogP contribution in [0.25, 0.3) is 0 Å². The first-order chi connectivity index (χ1) is 8.59. The number of halogens is 2. The van der Waals surface area contributed by atoms with Gasteiger partial charge in [-0.1, -0.05) is 48.5 Å². The molecule has 18 heavy (non-hydrogen) atoms. The molecular weight excluding hydrogens is 267 g/mol. The van der Waals surface area contributed by atoms with Gasteiger partial charge in [0, 0.05) is 5.92 Å². The molecule has 1 aromatic rings. The molecule has 0 bridgehead atoms. The lowest BCUT2D eigenvalue weighted by Crippen LogP contribution is -2.19. The number of rotatable bonds is 2. The molecule has 98 valence electrons. The van der Waals surface area contributed by atoms with E-state index in [1.165, 1.54) is 12.8 Å². The summed E-state index contributed by atoms with van der Waals surface area (Å²) in [5.74, 6) is 0.748. The van der Waals surface area contributed by atoms with Crippen molar-refractivity contribution >= 4 is 29.0 Å². The minimum Gasteiger partial charge on any atom is -0.300 e. The molecule has 0 spiro atoms. The fourth-order valence-electron chi connectivity index (χ4n) is 2.94. The molecule has 1 fully saturated rings.